The number of rotatable bonds is 5. The number of aldehydes is 1. The van der Waals surface area contributed by atoms with E-state index in [1.54, 1.807) is 12.3 Å². The molecule has 1 heterocycles. The van der Waals surface area contributed by atoms with Gasteiger partial charge in [-0.1, -0.05) is 0 Å². The van der Waals surface area contributed by atoms with Crippen LogP contribution in [-0.2, 0) is 4.79 Å². The number of nitrogens with zero attached hydrogens (tertiary/aromatic N) is 2. The van der Waals surface area contributed by atoms with Crippen LogP contribution >= 0.6 is 11.8 Å². The fourth-order valence-corrected chi connectivity index (χ4v) is 1.67. The summed E-state index contributed by atoms with van der Waals surface area (Å²) in [6, 6.07) is 5.06. The molecule has 0 aliphatic heterocycles. The highest BCUT2D eigenvalue weighted by atomic mass is 32.2. The molecule has 1 aromatic rings. The zero-order valence-corrected chi connectivity index (χ0v) is 10.1. The minimum absolute atomic E-state index is 0.249. The molecule has 1 aromatic heterocycles. The van der Waals surface area contributed by atoms with Crippen LogP contribution in [0.25, 0.3) is 0 Å². The van der Waals surface area contributed by atoms with Gasteiger partial charge in [-0.2, -0.15) is 5.26 Å². The van der Waals surface area contributed by atoms with E-state index in [1.807, 2.05) is 6.07 Å². The number of hydrogen-bond acceptors (Lipinski definition) is 5. The monoisotopic (exact) mass is 249 g/mol. The molecule has 0 saturated heterocycles. The number of thioether (sulfide) groups is 1. The van der Waals surface area contributed by atoms with E-state index in [2.05, 4.69) is 10.3 Å². The molecule has 0 atom stereocenters. The Bertz CT molecular complexity index is 468. The largest absolute Gasteiger partial charge is 0.350 e. The second-order valence-corrected chi connectivity index (χ2v) is 3.87. The van der Waals surface area contributed by atoms with Gasteiger partial charge in [0.2, 0.25) is 0 Å². The van der Waals surface area contributed by atoms with Crippen LogP contribution in [0.15, 0.2) is 17.2 Å². The first-order chi connectivity index (χ1) is 8.22. The van der Waals surface area contributed by atoms with Crippen molar-refractivity contribution in [2.75, 3.05) is 12.8 Å². The highest BCUT2D eigenvalue weighted by Crippen LogP contribution is 2.17. The lowest BCUT2D eigenvalue weighted by atomic mass is 10.2. The number of nitrogens with one attached hydrogen (secondary N) is 1. The van der Waals surface area contributed by atoms with Crippen molar-refractivity contribution in [2.24, 2.45) is 0 Å². The number of aromatic nitrogens is 1. The minimum Gasteiger partial charge on any atom is -0.350 e. The van der Waals surface area contributed by atoms with Crippen molar-refractivity contribution in [3.63, 3.8) is 0 Å². The number of carbonyl (C=O) groups excluding carboxylic acids is 2. The molecule has 0 saturated carbocycles. The van der Waals surface area contributed by atoms with E-state index in [4.69, 9.17) is 5.26 Å². The molecule has 0 aliphatic carbocycles. The summed E-state index contributed by atoms with van der Waals surface area (Å²) < 4.78 is 0. The Morgan fingerprint density at radius 1 is 1.65 bits per heavy atom. The van der Waals surface area contributed by atoms with E-state index in [0.29, 0.717) is 17.1 Å². The second-order valence-electron chi connectivity index (χ2n) is 3.08. The zero-order valence-electron chi connectivity index (χ0n) is 9.27. The smallest absolute Gasteiger partial charge is 0.269 e. The second kappa shape index (κ2) is 6.66. The average molecular weight is 249 g/mol. The van der Waals surface area contributed by atoms with Crippen molar-refractivity contribution in [1.82, 2.24) is 10.3 Å². The van der Waals surface area contributed by atoms with Gasteiger partial charge in [0.25, 0.3) is 5.91 Å². The summed E-state index contributed by atoms with van der Waals surface area (Å²) in [7, 11) is 0. The lowest BCUT2D eigenvalue weighted by Crippen LogP contribution is -2.25. The first kappa shape index (κ1) is 13.2. The first-order valence-corrected chi connectivity index (χ1v) is 6.12. The average Bonchev–Trinajstić information content (AvgIpc) is 2.38. The molecule has 1 N–H and O–H groups in total. The van der Waals surface area contributed by atoms with E-state index in [1.165, 1.54) is 17.8 Å². The van der Waals surface area contributed by atoms with E-state index in [-0.39, 0.29) is 18.0 Å². The highest BCUT2D eigenvalue weighted by Gasteiger charge is 2.10. The van der Waals surface area contributed by atoms with Crippen molar-refractivity contribution >= 4 is 24.0 Å². The van der Waals surface area contributed by atoms with Crippen molar-refractivity contribution in [3.8, 4) is 6.07 Å². The van der Waals surface area contributed by atoms with Crippen LogP contribution in [0.2, 0.25) is 0 Å². The van der Waals surface area contributed by atoms with E-state index >= 15 is 0 Å². The van der Waals surface area contributed by atoms with Gasteiger partial charge in [-0.25, -0.2) is 4.98 Å². The van der Waals surface area contributed by atoms with Gasteiger partial charge in [0.1, 0.15) is 23.1 Å². The van der Waals surface area contributed by atoms with E-state index < -0.39 is 0 Å². The molecule has 0 unspecified atom stereocenters. The Kier molecular flexibility index (Phi) is 5.17. The Morgan fingerprint density at radius 3 is 3.00 bits per heavy atom. The van der Waals surface area contributed by atoms with Crippen LogP contribution in [0.5, 0.6) is 0 Å². The third-order valence-corrected chi connectivity index (χ3v) is 2.65. The Balaban J connectivity index is 2.81. The van der Waals surface area contributed by atoms with Crippen LogP contribution in [0.1, 0.15) is 22.5 Å². The molecule has 0 fully saturated rings. The maximum Gasteiger partial charge on any atom is 0.269 e. The van der Waals surface area contributed by atoms with Gasteiger partial charge in [-0.3, -0.25) is 4.79 Å². The van der Waals surface area contributed by atoms with Gasteiger partial charge in [0.05, 0.1) is 5.56 Å². The predicted molar refractivity (Wildman–Crippen MR) is 63.7 cm³/mol. The predicted octanol–water partition coefficient (Wildman–Crippen LogP) is 0.994. The third-order valence-electron chi connectivity index (χ3n) is 1.95. The number of amides is 1. The molecular weight excluding hydrogens is 238 g/mol. The van der Waals surface area contributed by atoms with Gasteiger partial charge < -0.3 is 10.1 Å². The molecule has 0 radical (unpaired) electrons. The summed E-state index contributed by atoms with van der Waals surface area (Å²) >= 11 is 1.31. The van der Waals surface area contributed by atoms with Crippen LogP contribution in [0, 0.1) is 11.3 Å². The van der Waals surface area contributed by atoms with Crippen molar-refractivity contribution in [3.05, 3.63) is 23.4 Å². The Labute approximate surface area is 103 Å². The van der Waals surface area contributed by atoms with E-state index in [0.717, 1.165) is 6.29 Å². The molecule has 1 amide bonds. The maximum absolute atomic E-state index is 11.6. The van der Waals surface area contributed by atoms with Crippen LogP contribution in [-0.4, -0.2) is 30.0 Å². The molecule has 1 rings (SSSR count). The quantitative estimate of drug-likeness (QED) is 0.478. The molecule has 88 valence electrons. The van der Waals surface area contributed by atoms with Crippen molar-refractivity contribution in [2.45, 2.75) is 11.4 Å². The summed E-state index contributed by atoms with van der Waals surface area (Å²) in [4.78, 5) is 25.8. The molecule has 0 spiro atoms. The number of pyridine rings is 1. The molecule has 0 aliphatic rings. The topological polar surface area (TPSA) is 82.8 Å². The Hall–Kier alpha value is -1.87. The number of hydrogen-bond donors (Lipinski definition) is 1. The van der Waals surface area contributed by atoms with Crippen LogP contribution < -0.4 is 5.32 Å². The van der Waals surface area contributed by atoms with Crippen LogP contribution in [0.4, 0.5) is 0 Å². The van der Waals surface area contributed by atoms with E-state index in [9.17, 15) is 9.59 Å². The van der Waals surface area contributed by atoms with Gasteiger partial charge in [0.15, 0.2) is 0 Å². The number of nitriles is 1. The van der Waals surface area contributed by atoms with Gasteiger partial charge in [-0.15, -0.1) is 11.8 Å². The standard InChI is InChI=1S/C11H11N3O2S/c1-17-11-8(7-12)3-4-9(14-11)10(16)13-5-2-6-15/h3-4,6H,2,5H2,1H3,(H,13,16). The highest BCUT2D eigenvalue weighted by molar-refractivity contribution is 7.98. The summed E-state index contributed by atoms with van der Waals surface area (Å²) in [5, 5.41) is 11.9. The van der Waals surface area contributed by atoms with Crippen molar-refractivity contribution in [1.29, 1.82) is 5.26 Å². The molecule has 17 heavy (non-hydrogen) atoms. The fourth-order valence-electron chi connectivity index (χ4n) is 1.14. The molecule has 6 heteroatoms. The SMILES string of the molecule is CSc1nc(C(=O)NCCC=O)ccc1C#N. The number of carbonyl (C=O) groups is 2. The molecule has 5 nitrogen and oxygen atoms in total. The van der Waals surface area contributed by atoms with Crippen LogP contribution in [0.3, 0.4) is 0 Å². The normalized spacial score (nSPS) is 9.41. The zero-order chi connectivity index (χ0) is 12.7. The molecule has 0 aromatic carbocycles. The minimum atomic E-state index is -0.341. The third kappa shape index (κ3) is 3.57. The lowest BCUT2D eigenvalue weighted by Gasteiger charge is -2.04. The maximum atomic E-state index is 11.6. The van der Waals surface area contributed by atoms with Gasteiger partial charge in [-0.05, 0) is 18.4 Å². The summed E-state index contributed by atoms with van der Waals surface area (Å²) in [5.74, 6) is -0.341. The summed E-state index contributed by atoms with van der Waals surface area (Å²) in [6.45, 7) is 0.290. The van der Waals surface area contributed by atoms with Gasteiger partial charge >= 0.3 is 0 Å². The molecular formula is C11H11N3O2S. The fraction of sp³-hybridized carbons (Fsp3) is 0.273. The lowest BCUT2D eigenvalue weighted by molar-refractivity contribution is -0.107. The first-order valence-electron chi connectivity index (χ1n) is 4.90. The summed E-state index contributed by atoms with van der Waals surface area (Å²) in [6.07, 6.45) is 2.80. The van der Waals surface area contributed by atoms with Gasteiger partial charge in [0, 0.05) is 13.0 Å². The summed E-state index contributed by atoms with van der Waals surface area (Å²) in [5.41, 5.74) is 0.696. The molecule has 0 bridgehead atoms. The Morgan fingerprint density at radius 2 is 2.41 bits per heavy atom. The van der Waals surface area contributed by atoms with Crippen molar-refractivity contribution < 1.29 is 9.59 Å².